The normalized spacial score (nSPS) is 20.8. The van der Waals surface area contributed by atoms with Gasteiger partial charge in [-0.3, -0.25) is 0 Å². The van der Waals surface area contributed by atoms with Gasteiger partial charge in [0.1, 0.15) is 0 Å². The number of aryl methyl sites for hydroxylation is 1. The van der Waals surface area contributed by atoms with Gasteiger partial charge < -0.3 is 5.32 Å². The van der Waals surface area contributed by atoms with Crippen LogP contribution >= 0.6 is 0 Å². The maximum Gasteiger partial charge on any atom is 0.0135 e. The Hall–Kier alpha value is -0.820. The summed E-state index contributed by atoms with van der Waals surface area (Å²) in [6.07, 6.45) is 10.8. The van der Waals surface area contributed by atoms with Crippen LogP contribution in [0.3, 0.4) is 0 Å². The molecule has 0 spiro atoms. The van der Waals surface area contributed by atoms with Gasteiger partial charge >= 0.3 is 0 Å². The molecule has 1 N–H and O–H groups in total. The smallest absolute Gasteiger partial charge is 0.0135 e. The first-order valence-corrected chi connectivity index (χ1v) is 9.05. The highest BCUT2D eigenvalue weighted by Gasteiger charge is 2.28. The van der Waals surface area contributed by atoms with Gasteiger partial charge in [0, 0.05) is 6.04 Å². The molecular formula is C20H33N. The van der Waals surface area contributed by atoms with E-state index in [1.807, 2.05) is 0 Å². The molecule has 0 amide bonds. The SMILES string of the molecule is CCCCC(CC)CC(NC)C1CCCc2ccccc21. The molecule has 0 saturated carbocycles. The molecule has 0 aromatic heterocycles. The second-order valence-corrected chi connectivity index (χ2v) is 6.74. The van der Waals surface area contributed by atoms with Crippen molar-refractivity contribution in [2.75, 3.05) is 7.05 Å². The summed E-state index contributed by atoms with van der Waals surface area (Å²) >= 11 is 0. The van der Waals surface area contributed by atoms with Crippen molar-refractivity contribution in [2.24, 2.45) is 5.92 Å². The Bertz CT molecular complexity index is 412. The standard InChI is InChI=1S/C20H33N/c1-4-6-10-16(5-2)15-20(21-3)19-14-9-12-17-11-7-8-13-18(17)19/h7-8,11,13,16,19-21H,4-6,9-10,12,14-15H2,1-3H3. The third-order valence-corrected chi connectivity index (χ3v) is 5.40. The van der Waals surface area contributed by atoms with Crippen molar-refractivity contribution in [1.29, 1.82) is 0 Å². The molecule has 118 valence electrons. The van der Waals surface area contributed by atoms with E-state index >= 15 is 0 Å². The number of hydrogen-bond donors (Lipinski definition) is 1. The van der Waals surface area contributed by atoms with Crippen LogP contribution in [0.25, 0.3) is 0 Å². The van der Waals surface area contributed by atoms with Gasteiger partial charge in [-0.05, 0) is 55.7 Å². The lowest BCUT2D eigenvalue weighted by atomic mass is 9.75. The van der Waals surface area contributed by atoms with Gasteiger partial charge in [-0.1, -0.05) is 63.8 Å². The van der Waals surface area contributed by atoms with E-state index in [1.54, 1.807) is 11.1 Å². The van der Waals surface area contributed by atoms with Gasteiger partial charge in [0.05, 0.1) is 0 Å². The fourth-order valence-electron chi connectivity index (χ4n) is 4.03. The summed E-state index contributed by atoms with van der Waals surface area (Å²) in [4.78, 5) is 0. The van der Waals surface area contributed by atoms with Crippen LogP contribution in [-0.4, -0.2) is 13.1 Å². The predicted molar refractivity (Wildman–Crippen MR) is 92.9 cm³/mol. The molecule has 0 fully saturated rings. The number of benzene rings is 1. The van der Waals surface area contributed by atoms with Gasteiger partial charge in [-0.2, -0.15) is 0 Å². The Morgan fingerprint density at radius 3 is 2.76 bits per heavy atom. The maximum absolute atomic E-state index is 3.65. The van der Waals surface area contributed by atoms with E-state index in [0.717, 1.165) is 11.8 Å². The summed E-state index contributed by atoms with van der Waals surface area (Å²) in [6, 6.07) is 9.77. The largest absolute Gasteiger partial charge is 0.316 e. The highest BCUT2D eigenvalue weighted by atomic mass is 14.9. The first-order valence-electron chi connectivity index (χ1n) is 9.05. The quantitative estimate of drug-likeness (QED) is 0.684. The summed E-state index contributed by atoms with van der Waals surface area (Å²) in [7, 11) is 2.16. The molecule has 1 aromatic carbocycles. The topological polar surface area (TPSA) is 12.0 Å². The molecule has 0 bridgehead atoms. The number of nitrogens with one attached hydrogen (secondary N) is 1. The fraction of sp³-hybridized carbons (Fsp3) is 0.700. The van der Waals surface area contributed by atoms with Crippen LogP contribution in [0.2, 0.25) is 0 Å². The Labute approximate surface area is 131 Å². The highest BCUT2D eigenvalue weighted by molar-refractivity contribution is 5.33. The first-order chi connectivity index (χ1) is 10.3. The molecule has 2 rings (SSSR count). The molecule has 0 radical (unpaired) electrons. The van der Waals surface area contributed by atoms with Crippen LogP contribution in [0.5, 0.6) is 0 Å². The summed E-state index contributed by atoms with van der Waals surface area (Å²) in [5.74, 6) is 1.60. The third-order valence-electron chi connectivity index (χ3n) is 5.40. The number of fused-ring (bicyclic) bond motifs is 1. The summed E-state index contributed by atoms with van der Waals surface area (Å²) in [5.41, 5.74) is 3.21. The molecule has 1 nitrogen and oxygen atoms in total. The average molecular weight is 287 g/mol. The maximum atomic E-state index is 3.65. The third kappa shape index (κ3) is 4.32. The van der Waals surface area contributed by atoms with Crippen LogP contribution in [0.1, 0.15) is 75.8 Å². The zero-order valence-electron chi connectivity index (χ0n) is 14.2. The molecule has 0 heterocycles. The van der Waals surface area contributed by atoms with Gasteiger partial charge in [0.25, 0.3) is 0 Å². The van der Waals surface area contributed by atoms with Crippen molar-refractivity contribution in [2.45, 2.75) is 77.2 Å². The molecule has 1 aromatic rings. The molecule has 1 heteroatoms. The van der Waals surface area contributed by atoms with Crippen molar-refractivity contribution in [3.63, 3.8) is 0 Å². The Balaban J connectivity index is 2.07. The van der Waals surface area contributed by atoms with Gasteiger partial charge in [-0.25, -0.2) is 0 Å². The van der Waals surface area contributed by atoms with Crippen LogP contribution in [0.4, 0.5) is 0 Å². The van der Waals surface area contributed by atoms with E-state index in [4.69, 9.17) is 0 Å². The van der Waals surface area contributed by atoms with Crippen LogP contribution in [0.15, 0.2) is 24.3 Å². The Morgan fingerprint density at radius 2 is 2.05 bits per heavy atom. The second-order valence-electron chi connectivity index (χ2n) is 6.74. The lowest BCUT2D eigenvalue weighted by Crippen LogP contribution is -2.35. The van der Waals surface area contributed by atoms with E-state index in [2.05, 4.69) is 50.5 Å². The number of rotatable bonds is 8. The van der Waals surface area contributed by atoms with Gasteiger partial charge in [0.15, 0.2) is 0 Å². The minimum Gasteiger partial charge on any atom is -0.316 e. The molecule has 0 aliphatic heterocycles. The first kappa shape index (κ1) is 16.5. The Kier molecular flexibility index (Phi) is 6.76. The Morgan fingerprint density at radius 1 is 1.24 bits per heavy atom. The molecular weight excluding hydrogens is 254 g/mol. The molecule has 21 heavy (non-hydrogen) atoms. The van der Waals surface area contributed by atoms with Gasteiger partial charge in [0.2, 0.25) is 0 Å². The molecule has 1 aliphatic carbocycles. The monoisotopic (exact) mass is 287 g/mol. The van der Waals surface area contributed by atoms with Crippen LogP contribution in [0, 0.1) is 5.92 Å². The minimum absolute atomic E-state index is 0.647. The zero-order valence-corrected chi connectivity index (χ0v) is 14.2. The molecule has 1 aliphatic rings. The lowest BCUT2D eigenvalue weighted by Gasteiger charge is -2.34. The fourth-order valence-corrected chi connectivity index (χ4v) is 4.03. The van der Waals surface area contributed by atoms with E-state index in [9.17, 15) is 0 Å². The number of hydrogen-bond acceptors (Lipinski definition) is 1. The number of likely N-dealkylation sites (N-methyl/N-ethyl adjacent to an activating group) is 1. The van der Waals surface area contributed by atoms with E-state index in [0.29, 0.717) is 6.04 Å². The summed E-state index contributed by atoms with van der Waals surface area (Å²) in [5, 5.41) is 3.65. The summed E-state index contributed by atoms with van der Waals surface area (Å²) in [6.45, 7) is 4.67. The van der Waals surface area contributed by atoms with E-state index in [1.165, 1.54) is 51.4 Å². The van der Waals surface area contributed by atoms with E-state index in [-0.39, 0.29) is 0 Å². The predicted octanol–water partition coefficient (Wildman–Crippen LogP) is 5.30. The van der Waals surface area contributed by atoms with Crippen molar-refractivity contribution in [3.8, 4) is 0 Å². The molecule has 3 unspecified atom stereocenters. The summed E-state index contributed by atoms with van der Waals surface area (Å²) < 4.78 is 0. The van der Waals surface area contributed by atoms with Crippen molar-refractivity contribution >= 4 is 0 Å². The van der Waals surface area contributed by atoms with Crippen molar-refractivity contribution < 1.29 is 0 Å². The van der Waals surface area contributed by atoms with Crippen LogP contribution < -0.4 is 5.32 Å². The molecule has 0 saturated heterocycles. The lowest BCUT2D eigenvalue weighted by molar-refractivity contribution is 0.312. The average Bonchev–Trinajstić information content (AvgIpc) is 2.55. The van der Waals surface area contributed by atoms with Crippen LogP contribution in [-0.2, 0) is 6.42 Å². The van der Waals surface area contributed by atoms with Crippen molar-refractivity contribution in [3.05, 3.63) is 35.4 Å². The zero-order chi connectivity index (χ0) is 15.1. The van der Waals surface area contributed by atoms with E-state index < -0.39 is 0 Å². The van der Waals surface area contributed by atoms with Gasteiger partial charge in [-0.15, -0.1) is 0 Å². The molecule has 3 atom stereocenters. The highest BCUT2D eigenvalue weighted by Crippen LogP contribution is 2.36. The second kappa shape index (κ2) is 8.58. The minimum atomic E-state index is 0.647. The number of unbranched alkanes of at least 4 members (excludes halogenated alkanes) is 1. The van der Waals surface area contributed by atoms with Crippen molar-refractivity contribution in [1.82, 2.24) is 5.32 Å².